The molecular formula is C44H58CaO6. The maximum atomic E-state index is 12.9. The van der Waals surface area contributed by atoms with Gasteiger partial charge in [0, 0.05) is 48.5 Å². The smallest absolute Gasteiger partial charge is 0.550 e. The fraction of sp³-hybridized carbons (Fsp3) is 0.636. The maximum Gasteiger partial charge on any atom is 2.00 e. The third kappa shape index (κ3) is 9.75. The molecule has 51 heavy (non-hydrogen) atoms. The number of hydrogen-bond donors (Lipinski definition) is 0. The zero-order chi connectivity index (χ0) is 36.2. The second kappa shape index (κ2) is 17.4. The third-order valence-corrected chi connectivity index (χ3v) is 14.2. The third-order valence-electron chi connectivity index (χ3n) is 14.2. The molecule has 0 radical (unpaired) electrons. The number of carbonyl (C=O) groups is 4. The van der Waals surface area contributed by atoms with Gasteiger partial charge in [0.25, 0.3) is 0 Å². The van der Waals surface area contributed by atoms with Crippen LogP contribution in [0, 0.1) is 45.3 Å². The minimum absolute atomic E-state index is 0. The van der Waals surface area contributed by atoms with Crippen molar-refractivity contribution in [2.45, 2.75) is 130 Å². The Labute approximate surface area is 335 Å². The first kappa shape index (κ1) is 41.7. The molecule has 0 aromatic heterocycles. The van der Waals surface area contributed by atoms with Gasteiger partial charge < -0.3 is 19.8 Å². The van der Waals surface area contributed by atoms with E-state index < -0.39 is 23.8 Å². The van der Waals surface area contributed by atoms with Crippen LogP contribution >= 0.6 is 0 Å². The first-order valence-electron chi connectivity index (χ1n) is 19.2. The number of hydrogen-bond acceptors (Lipinski definition) is 6. The molecule has 2 aromatic carbocycles. The summed E-state index contributed by atoms with van der Waals surface area (Å²) in [6, 6.07) is 19.0. The van der Waals surface area contributed by atoms with Gasteiger partial charge in [-0.25, -0.2) is 0 Å². The SMILES string of the molecule is C[C@@]12CCCC[C@]1(C)CC(C(=O)C[C@H](Cc1ccccc1)C(=O)[O-])C2.C[C@@]12CCCC[C@]1(C)CC(C(=O)C[C@H](Cc1ccccc1)C(=O)[O-])C2.[Ca+2]. The van der Waals surface area contributed by atoms with Crippen molar-refractivity contribution in [3.63, 3.8) is 0 Å². The molecule has 0 bridgehead atoms. The van der Waals surface area contributed by atoms with Gasteiger partial charge >= 0.3 is 37.7 Å². The molecule has 8 atom stereocenters. The monoisotopic (exact) mass is 722 g/mol. The second-order valence-electron chi connectivity index (χ2n) is 17.6. The number of carboxylic acid groups (broad SMARTS) is 2. The van der Waals surface area contributed by atoms with E-state index >= 15 is 0 Å². The van der Waals surface area contributed by atoms with Crippen molar-refractivity contribution in [2.24, 2.45) is 45.3 Å². The first-order valence-corrected chi connectivity index (χ1v) is 19.2. The number of carbonyl (C=O) groups excluding carboxylic acids is 4. The minimum Gasteiger partial charge on any atom is -0.550 e. The molecule has 4 aliphatic rings. The molecule has 0 spiro atoms. The van der Waals surface area contributed by atoms with Crippen molar-refractivity contribution in [2.75, 3.05) is 0 Å². The molecule has 0 aliphatic heterocycles. The van der Waals surface area contributed by atoms with Crippen molar-refractivity contribution >= 4 is 61.2 Å². The molecule has 4 fully saturated rings. The molecular weight excluding hydrogens is 665 g/mol. The van der Waals surface area contributed by atoms with Crippen molar-refractivity contribution in [1.29, 1.82) is 0 Å². The summed E-state index contributed by atoms with van der Waals surface area (Å²) < 4.78 is 0. The summed E-state index contributed by atoms with van der Waals surface area (Å²) in [5.41, 5.74) is 2.85. The van der Waals surface area contributed by atoms with Crippen molar-refractivity contribution in [3.05, 3.63) is 71.8 Å². The predicted octanol–water partition coefficient (Wildman–Crippen LogP) is 6.72. The van der Waals surface area contributed by atoms with E-state index in [1.54, 1.807) is 0 Å². The van der Waals surface area contributed by atoms with E-state index in [0.717, 1.165) is 36.8 Å². The van der Waals surface area contributed by atoms with E-state index in [1.165, 1.54) is 51.4 Å². The van der Waals surface area contributed by atoms with Gasteiger partial charge in [0.2, 0.25) is 0 Å². The summed E-state index contributed by atoms with van der Waals surface area (Å²) in [6.45, 7) is 9.33. The molecule has 6 nitrogen and oxygen atoms in total. The zero-order valence-electron chi connectivity index (χ0n) is 31.6. The molecule has 2 unspecified atom stereocenters. The van der Waals surface area contributed by atoms with Crippen molar-refractivity contribution < 1.29 is 29.4 Å². The predicted molar refractivity (Wildman–Crippen MR) is 197 cm³/mol. The number of fused-ring (bicyclic) bond motifs is 2. The van der Waals surface area contributed by atoms with Gasteiger partial charge in [0.05, 0.1) is 0 Å². The van der Waals surface area contributed by atoms with Crippen LogP contribution in [0.3, 0.4) is 0 Å². The maximum absolute atomic E-state index is 12.9. The topological polar surface area (TPSA) is 114 Å². The summed E-state index contributed by atoms with van der Waals surface area (Å²) in [6.07, 6.45) is 14.4. The van der Waals surface area contributed by atoms with Crippen molar-refractivity contribution in [3.8, 4) is 0 Å². The van der Waals surface area contributed by atoms with E-state index in [1.807, 2.05) is 60.7 Å². The molecule has 4 aliphatic carbocycles. The first-order chi connectivity index (χ1) is 23.7. The number of rotatable bonds is 12. The number of ketones is 2. The Kier molecular flexibility index (Phi) is 14.2. The summed E-state index contributed by atoms with van der Waals surface area (Å²) in [5.74, 6) is -3.37. The molecule has 0 N–H and O–H groups in total. The number of Topliss-reactive ketones (excluding diaryl/α,β-unsaturated/α-hetero) is 2. The average Bonchev–Trinajstić information content (AvgIpc) is 3.54. The molecule has 0 heterocycles. The summed E-state index contributed by atoms with van der Waals surface area (Å²) >= 11 is 0. The van der Waals surface area contributed by atoms with Crippen LogP contribution in [0.4, 0.5) is 0 Å². The summed E-state index contributed by atoms with van der Waals surface area (Å²) in [7, 11) is 0. The minimum atomic E-state index is -1.11. The molecule has 7 heteroatoms. The number of benzene rings is 2. The number of carboxylic acids is 2. The Morgan fingerprint density at radius 1 is 0.549 bits per heavy atom. The van der Waals surface area contributed by atoms with E-state index in [9.17, 15) is 29.4 Å². The second-order valence-corrected chi connectivity index (χ2v) is 17.6. The van der Waals surface area contributed by atoms with Crippen LogP contribution in [0.25, 0.3) is 0 Å². The standard InChI is InChI=1S/2C22H30O3.Ca/c2*1-21-10-6-7-11-22(21,2)15-18(14-21)19(23)13-17(20(24)25)12-16-8-4-3-5-9-16;/h2*3-5,8-9,17-18H,6-7,10-15H2,1-2H3,(H,24,25);/q;;+2/p-2/t2*17-,18?,21-,22+;/m00./s1. The average molecular weight is 723 g/mol. The quantitative estimate of drug-likeness (QED) is 0.225. The van der Waals surface area contributed by atoms with Crippen LogP contribution < -0.4 is 10.2 Å². The van der Waals surface area contributed by atoms with Gasteiger partial charge in [-0.2, -0.15) is 0 Å². The van der Waals surface area contributed by atoms with Crippen LogP contribution in [0.15, 0.2) is 60.7 Å². The van der Waals surface area contributed by atoms with Crippen LogP contribution in [0.5, 0.6) is 0 Å². The van der Waals surface area contributed by atoms with Gasteiger partial charge in [-0.05, 0) is 97.0 Å². The molecule has 2 aromatic rings. The van der Waals surface area contributed by atoms with E-state index in [2.05, 4.69) is 27.7 Å². The molecule has 6 rings (SSSR count). The Hall–Kier alpha value is -2.02. The number of aliphatic carboxylic acids is 2. The van der Waals surface area contributed by atoms with Crippen LogP contribution in [-0.4, -0.2) is 61.2 Å². The van der Waals surface area contributed by atoms with Gasteiger partial charge in [-0.1, -0.05) is 114 Å². The molecule has 0 saturated heterocycles. The zero-order valence-corrected chi connectivity index (χ0v) is 33.8. The van der Waals surface area contributed by atoms with Crippen molar-refractivity contribution in [1.82, 2.24) is 0 Å². The van der Waals surface area contributed by atoms with E-state index in [-0.39, 0.29) is 95.6 Å². The van der Waals surface area contributed by atoms with E-state index in [0.29, 0.717) is 12.8 Å². The molecule has 4 saturated carbocycles. The van der Waals surface area contributed by atoms with Gasteiger partial charge in [-0.15, -0.1) is 0 Å². The van der Waals surface area contributed by atoms with Gasteiger partial charge in [0.1, 0.15) is 11.6 Å². The Bertz CT molecular complexity index is 1360. The van der Waals surface area contributed by atoms with Crippen LogP contribution in [-0.2, 0) is 32.0 Å². The largest absolute Gasteiger partial charge is 2.00 e. The van der Waals surface area contributed by atoms with Crippen LogP contribution in [0.2, 0.25) is 0 Å². The Balaban J connectivity index is 0.000000224. The summed E-state index contributed by atoms with van der Waals surface area (Å²) in [5, 5.41) is 23.1. The Morgan fingerprint density at radius 2 is 0.824 bits per heavy atom. The Morgan fingerprint density at radius 3 is 1.08 bits per heavy atom. The fourth-order valence-electron chi connectivity index (χ4n) is 10.5. The molecule has 0 amide bonds. The van der Waals surface area contributed by atoms with Gasteiger partial charge in [0.15, 0.2) is 0 Å². The molecule has 272 valence electrons. The summed E-state index contributed by atoms with van der Waals surface area (Å²) in [4.78, 5) is 48.9. The van der Waals surface area contributed by atoms with Crippen LogP contribution in [0.1, 0.15) is 129 Å². The van der Waals surface area contributed by atoms with Gasteiger partial charge in [-0.3, -0.25) is 9.59 Å². The normalized spacial score (nSPS) is 32.2. The van der Waals surface area contributed by atoms with E-state index in [4.69, 9.17) is 0 Å². The fourth-order valence-corrected chi connectivity index (χ4v) is 10.5.